The molecule has 0 unspecified atom stereocenters. The van der Waals surface area contributed by atoms with E-state index in [1.165, 1.54) is 0 Å². The fraction of sp³-hybridized carbons (Fsp3) is 0.103. The van der Waals surface area contributed by atoms with Gasteiger partial charge in [0.25, 0.3) is 0 Å². The molecular formula is C29H26Cl2N4O6S2. The van der Waals surface area contributed by atoms with Gasteiger partial charge < -0.3 is 10.6 Å². The first-order valence-electron chi connectivity index (χ1n) is 12.6. The van der Waals surface area contributed by atoms with E-state index in [1.807, 2.05) is 9.44 Å². The highest BCUT2D eigenvalue weighted by Crippen LogP contribution is 2.17. The molecule has 0 aromatic heterocycles. The lowest BCUT2D eigenvalue weighted by Crippen LogP contribution is -2.35. The summed E-state index contributed by atoms with van der Waals surface area (Å²) in [5, 5.41) is 5.95. The summed E-state index contributed by atoms with van der Waals surface area (Å²) < 4.78 is 53.2. The Balaban J connectivity index is 1.24. The molecule has 0 fully saturated rings. The zero-order valence-electron chi connectivity index (χ0n) is 22.4. The first-order chi connectivity index (χ1) is 20.3. The van der Waals surface area contributed by atoms with E-state index < -0.39 is 32.1 Å². The van der Waals surface area contributed by atoms with Crippen molar-refractivity contribution in [1.82, 2.24) is 9.44 Å². The van der Waals surface area contributed by atoms with Gasteiger partial charge in [-0.15, -0.1) is 0 Å². The fourth-order valence-electron chi connectivity index (χ4n) is 3.92. The minimum Gasteiger partial charge on any atom is -0.307 e. The van der Waals surface area contributed by atoms with Gasteiger partial charge in [0.15, 0.2) is 0 Å². The van der Waals surface area contributed by atoms with E-state index in [1.54, 1.807) is 97.1 Å². The summed E-state index contributed by atoms with van der Waals surface area (Å²) >= 11 is 11.6. The number of carbonyl (C=O) groups excluding carboxylic acids is 2. The molecule has 0 aliphatic carbocycles. The molecule has 0 saturated carbocycles. The average molecular weight is 662 g/mol. The third-order valence-corrected chi connectivity index (χ3v) is 8.79. The van der Waals surface area contributed by atoms with Crippen LogP contribution in [0.1, 0.15) is 22.3 Å². The van der Waals surface area contributed by atoms with Crippen LogP contribution >= 0.6 is 23.2 Å². The van der Waals surface area contributed by atoms with Crippen molar-refractivity contribution in [2.24, 2.45) is 0 Å². The number of halogens is 2. The van der Waals surface area contributed by atoms with E-state index in [-0.39, 0.29) is 11.5 Å². The largest absolute Gasteiger partial charge is 0.332 e. The zero-order valence-corrected chi connectivity index (χ0v) is 25.5. The summed E-state index contributed by atoms with van der Waals surface area (Å²) in [7, 11) is -7.84. The number of anilines is 2. The molecule has 0 heterocycles. The number of amides is 4. The minimum atomic E-state index is -3.92. The van der Waals surface area contributed by atoms with Gasteiger partial charge in [0.1, 0.15) is 0 Å². The van der Waals surface area contributed by atoms with Crippen molar-refractivity contribution in [1.29, 1.82) is 0 Å². The van der Waals surface area contributed by atoms with E-state index in [0.717, 1.165) is 11.1 Å². The Bertz CT molecular complexity index is 1660. The van der Waals surface area contributed by atoms with Crippen molar-refractivity contribution in [3.05, 3.63) is 129 Å². The lowest BCUT2D eigenvalue weighted by Gasteiger charge is -2.10. The number of sulfonamides is 2. The Hall–Kier alpha value is -4.10. The quantitative estimate of drug-likeness (QED) is 0.167. The molecule has 0 aliphatic rings. The van der Waals surface area contributed by atoms with E-state index in [9.17, 15) is 26.4 Å². The van der Waals surface area contributed by atoms with Crippen molar-refractivity contribution < 1.29 is 26.4 Å². The van der Waals surface area contributed by atoms with Crippen molar-refractivity contribution in [2.45, 2.75) is 17.9 Å². The maximum Gasteiger partial charge on any atom is 0.332 e. The van der Waals surface area contributed by atoms with Crippen LogP contribution in [0.3, 0.4) is 0 Å². The van der Waals surface area contributed by atoms with Gasteiger partial charge in [-0.05, 0) is 77.2 Å². The molecule has 0 spiro atoms. The summed E-state index contributed by atoms with van der Waals surface area (Å²) in [6.07, 6.45) is 0.532. The molecule has 4 aromatic carbocycles. The number of hydrogen-bond acceptors (Lipinski definition) is 6. The minimum absolute atomic E-state index is 0.376. The van der Waals surface area contributed by atoms with Crippen LogP contribution in [-0.2, 0) is 38.0 Å². The third-order valence-electron chi connectivity index (χ3n) is 5.87. The molecule has 4 aromatic rings. The standard InChI is InChI=1S/C29H26Cl2N4O6S2/c30-24-9-1-22(2-10-24)18-42(38,39)34-28(36)32-26-13-5-20(6-14-26)17-21-7-15-27(16-8-21)33-29(37)35-43(40,41)19-23-3-11-25(31)12-4-23/h1-16H,17-19H2,(H2,32,34,36)(H2,33,35,37). The monoisotopic (exact) mass is 660 g/mol. The van der Waals surface area contributed by atoms with Gasteiger partial charge >= 0.3 is 12.1 Å². The maximum absolute atomic E-state index is 12.3. The molecular weight excluding hydrogens is 635 g/mol. The van der Waals surface area contributed by atoms with Crippen LogP contribution in [0.15, 0.2) is 97.1 Å². The van der Waals surface area contributed by atoms with Crippen LogP contribution < -0.4 is 20.1 Å². The highest BCUT2D eigenvalue weighted by atomic mass is 35.5. The lowest BCUT2D eigenvalue weighted by atomic mass is 10.0. The predicted molar refractivity (Wildman–Crippen MR) is 168 cm³/mol. The molecule has 4 amide bonds. The molecule has 4 N–H and O–H groups in total. The van der Waals surface area contributed by atoms with E-state index >= 15 is 0 Å². The zero-order chi connectivity index (χ0) is 31.0. The normalized spacial score (nSPS) is 11.4. The Morgan fingerprint density at radius 3 is 1.12 bits per heavy atom. The number of benzene rings is 4. The molecule has 0 saturated heterocycles. The molecule has 14 heteroatoms. The summed E-state index contributed by atoms with van der Waals surface area (Å²) in [6.45, 7) is 0. The summed E-state index contributed by atoms with van der Waals surface area (Å²) in [4.78, 5) is 24.5. The maximum atomic E-state index is 12.3. The number of hydrogen-bond donors (Lipinski definition) is 4. The molecule has 10 nitrogen and oxygen atoms in total. The number of urea groups is 2. The number of carbonyl (C=O) groups is 2. The molecule has 0 bridgehead atoms. The highest BCUT2D eigenvalue weighted by Gasteiger charge is 2.17. The number of nitrogens with one attached hydrogen (secondary N) is 4. The smallest absolute Gasteiger partial charge is 0.307 e. The highest BCUT2D eigenvalue weighted by molar-refractivity contribution is 7.89. The van der Waals surface area contributed by atoms with Crippen molar-refractivity contribution in [3.8, 4) is 0 Å². The van der Waals surface area contributed by atoms with Gasteiger partial charge in [0, 0.05) is 21.4 Å². The topological polar surface area (TPSA) is 151 Å². The second kappa shape index (κ2) is 13.9. The molecule has 0 radical (unpaired) electrons. The Kier molecular flexibility index (Phi) is 10.3. The van der Waals surface area contributed by atoms with Gasteiger partial charge in [-0.3, -0.25) is 0 Å². The SMILES string of the molecule is O=C(Nc1ccc(Cc2ccc(NC(=O)NS(=O)(=O)Cc3ccc(Cl)cc3)cc2)cc1)NS(=O)(=O)Cc1ccc(Cl)cc1. The van der Waals surface area contributed by atoms with Gasteiger partial charge in [0.05, 0.1) is 11.5 Å². The van der Waals surface area contributed by atoms with Crippen LogP contribution in [0.5, 0.6) is 0 Å². The third kappa shape index (κ3) is 10.6. The Morgan fingerprint density at radius 2 is 0.791 bits per heavy atom. The fourth-order valence-corrected chi connectivity index (χ4v) is 6.24. The van der Waals surface area contributed by atoms with E-state index in [0.29, 0.717) is 39.0 Å². The summed E-state index contributed by atoms with van der Waals surface area (Å²) in [5.74, 6) is -0.752. The van der Waals surface area contributed by atoms with Gasteiger partial charge in [0.2, 0.25) is 20.0 Å². The van der Waals surface area contributed by atoms with Crippen molar-refractivity contribution in [2.75, 3.05) is 10.6 Å². The van der Waals surface area contributed by atoms with Gasteiger partial charge in [-0.1, -0.05) is 71.7 Å². The molecule has 0 aliphatic heterocycles. The van der Waals surface area contributed by atoms with Crippen molar-refractivity contribution in [3.63, 3.8) is 0 Å². The lowest BCUT2D eigenvalue weighted by molar-refractivity contribution is 0.255. The second-order valence-electron chi connectivity index (χ2n) is 9.45. The van der Waals surface area contributed by atoms with Crippen LogP contribution in [0.25, 0.3) is 0 Å². The number of rotatable bonds is 10. The van der Waals surface area contributed by atoms with Crippen LogP contribution in [0.2, 0.25) is 10.0 Å². The molecule has 4 rings (SSSR count). The molecule has 0 atom stereocenters. The average Bonchev–Trinajstić information content (AvgIpc) is 2.92. The van der Waals surface area contributed by atoms with Crippen LogP contribution in [-0.4, -0.2) is 28.9 Å². The summed E-state index contributed by atoms with van der Waals surface area (Å²) in [6, 6.07) is 24.5. The predicted octanol–water partition coefficient (Wildman–Crippen LogP) is 5.89. The van der Waals surface area contributed by atoms with Crippen LogP contribution in [0.4, 0.5) is 21.0 Å². The Morgan fingerprint density at radius 1 is 0.488 bits per heavy atom. The second-order valence-corrected chi connectivity index (χ2v) is 13.8. The van der Waals surface area contributed by atoms with Gasteiger partial charge in [-0.25, -0.2) is 35.9 Å². The van der Waals surface area contributed by atoms with E-state index in [2.05, 4.69) is 10.6 Å². The summed E-state index contributed by atoms with van der Waals surface area (Å²) in [5.41, 5.74) is 3.60. The van der Waals surface area contributed by atoms with Gasteiger partial charge in [-0.2, -0.15) is 0 Å². The van der Waals surface area contributed by atoms with E-state index in [4.69, 9.17) is 23.2 Å². The molecule has 224 valence electrons. The molecule has 43 heavy (non-hydrogen) atoms. The first-order valence-corrected chi connectivity index (χ1v) is 16.7. The first kappa shape index (κ1) is 31.8. The Labute approximate surface area is 259 Å². The van der Waals surface area contributed by atoms with Crippen LogP contribution in [0, 0.1) is 0 Å². The van der Waals surface area contributed by atoms with Crippen molar-refractivity contribution >= 4 is 66.7 Å².